The number of carbonyl (C=O) groups is 1. The van der Waals surface area contributed by atoms with Crippen LogP contribution in [0.25, 0.3) is 0 Å². The number of piperidine rings is 1. The van der Waals surface area contributed by atoms with Crippen LogP contribution in [-0.4, -0.2) is 65.9 Å². The fourth-order valence-electron chi connectivity index (χ4n) is 4.05. The summed E-state index contributed by atoms with van der Waals surface area (Å²) in [7, 11) is 0. The van der Waals surface area contributed by atoms with Crippen molar-refractivity contribution in [1.82, 2.24) is 14.7 Å². The van der Waals surface area contributed by atoms with E-state index >= 15 is 0 Å². The minimum atomic E-state index is -0.245. The molecule has 2 fully saturated rings. The number of amides is 1. The highest BCUT2D eigenvalue weighted by molar-refractivity contribution is 6.31. The molecule has 0 aromatic heterocycles. The van der Waals surface area contributed by atoms with Gasteiger partial charge in [0.1, 0.15) is 5.82 Å². The third-order valence-electron chi connectivity index (χ3n) is 5.69. The van der Waals surface area contributed by atoms with E-state index in [-0.39, 0.29) is 11.7 Å². The van der Waals surface area contributed by atoms with Gasteiger partial charge < -0.3 is 4.90 Å². The Balaban J connectivity index is 1.48. The van der Waals surface area contributed by atoms with E-state index < -0.39 is 0 Å². The maximum Gasteiger partial charge on any atom is 0.236 e. The van der Waals surface area contributed by atoms with E-state index in [0.717, 1.165) is 52.0 Å². The maximum atomic E-state index is 14.0. The smallest absolute Gasteiger partial charge is 0.236 e. The number of halogens is 2. The summed E-state index contributed by atoms with van der Waals surface area (Å²) in [5.41, 5.74) is 0.567. The Labute approximate surface area is 160 Å². The molecule has 2 saturated heterocycles. The number of carbonyl (C=O) groups excluding carboxylic acids is 1. The first-order valence-corrected chi connectivity index (χ1v) is 10.1. The van der Waals surface area contributed by atoms with Crippen LogP contribution in [0.4, 0.5) is 4.39 Å². The van der Waals surface area contributed by atoms with Crippen LogP contribution in [0, 0.1) is 5.82 Å². The van der Waals surface area contributed by atoms with Crippen molar-refractivity contribution in [2.75, 3.05) is 39.3 Å². The van der Waals surface area contributed by atoms with Gasteiger partial charge in [0.2, 0.25) is 5.91 Å². The van der Waals surface area contributed by atoms with Crippen LogP contribution in [0.15, 0.2) is 18.2 Å². The van der Waals surface area contributed by atoms with Crippen LogP contribution < -0.4 is 0 Å². The third kappa shape index (κ3) is 4.76. The summed E-state index contributed by atoms with van der Waals surface area (Å²) in [5.74, 6) is 0.0213. The van der Waals surface area contributed by atoms with E-state index in [1.54, 1.807) is 12.1 Å². The van der Waals surface area contributed by atoms with Gasteiger partial charge in [-0.2, -0.15) is 0 Å². The Morgan fingerprint density at radius 2 is 1.88 bits per heavy atom. The largest absolute Gasteiger partial charge is 0.339 e. The van der Waals surface area contributed by atoms with Gasteiger partial charge in [0.15, 0.2) is 0 Å². The molecule has 1 unspecified atom stereocenters. The lowest BCUT2D eigenvalue weighted by Crippen LogP contribution is -2.52. The molecule has 2 aliphatic rings. The van der Waals surface area contributed by atoms with Gasteiger partial charge in [-0.1, -0.05) is 24.6 Å². The van der Waals surface area contributed by atoms with Gasteiger partial charge in [-0.3, -0.25) is 14.6 Å². The predicted octanol–water partition coefficient (Wildman–Crippen LogP) is 3.39. The van der Waals surface area contributed by atoms with E-state index in [0.29, 0.717) is 29.7 Å². The third-order valence-corrected chi connectivity index (χ3v) is 6.04. The monoisotopic (exact) mass is 381 g/mol. The Morgan fingerprint density at radius 3 is 2.58 bits per heavy atom. The zero-order valence-corrected chi connectivity index (χ0v) is 16.3. The first-order valence-electron chi connectivity index (χ1n) is 9.75. The van der Waals surface area contributed by atoms with Gasteiger partial charge in [0.05, 0.1) is 6.54 Å². The lowest BCUT2D eigenvalue weighted by atomic mass is 10.00. The molecule has 144 valence electrons. The van der Waals surface area contributed by atoms with Crippen LogP contribution in [0.1, 0.15) is 38.2 Å². The summed E-state index contributed by atoms with van der Waals surface area (Å²) in [4.78, 5) is 19.2. The summed E-state index contributed by atoms with van der Waals surface area (Å²) >= 11 is 6.13. The summed E-state index contributed by atoms with van der Waals surface area (Å²) in [6.07, 6.45) is 4.54. The predicted molar refractivity (Wildman–Crippen MR) is 103 cm³/mol. The zero-order chi connectivity index (χ0) is 18.5. The van der Waals surface area contributed by atoms with E-state index in [2.05, 4.69) is 21.6 Å². The summed E-state index contributed by atoms with van der Waals surface area (Å²) in [5, 5.41) is 0.485. The average molecular weight is 382 g/mol. The number of nitrogens with zero attached hydrogens (tertiary/aromatic N) is 3. The Hall–Kier alpha value is -1.17. The standard InChI is InChI=1S/C20H29ClFN3O/c1-2-16-6-3-4-9-25(16)20(26)15-24-12-10-23(11-13-24)14-17-18(21)7-5-8-19(17)22/h5,7-8,16H,2-4,6,9-15H2,1H3. The molecule has 3 rings (SSSR count). The van der Waals surface area contributed by atoms with Crippen molar-refractivity contribution in [2.45, 2.75) is 45.2 Å². The van der Waals surface area contributed by atoms with Crippen molar-refractivity contribution in [3.8, 4) is 0 Å². The molecule has 1 aromatic carbocycles. The number of hydrogen-bond donors (Lipinski definition) is 0. The number of rotatable bonds is 5. The molecule has 0 saturated carbocycles. The van der Waals surface area contributed by atoms with Crippen molar-refractivity contribution < 1.29 is 9.18 Å². The molecule has 2 heterocycles. The number of hydrogen-bond acceptors (Lipinski definition) is 3. The van der Waals surface area contributed by atoms with E-state index in [9.17, 15) is 9.18 Å². The molecule has 1 amide bonds. The van der Waals surface area contributed by atoms with E-state index in [1.165, 1.54) is 12.5 Å². The topological polar surface area (TPSA) is 26.8 Å². The quantitative estimate of drug-likeness (QED) is 0.782. The van der Waals surface area contributed by atoms with Crippen molar-refractivity contribution >= 4 is 17.5 Å². The van der Waals surface area contributed by atoms with Gasteiger partial charge in [-0.05, 0) is 37.8 Å². The van der Waals surface area contributed by atoms with Crippen molar-refractivity contribution in [1.29, 1.82) is 0 Å². The Morgan fingerprint density at radius 1 is 1.15 bits per heavy atom. The van der Waals surface area contributed by atoms with Crippen LogP contribution in [-0.2, 0) is 11.3 Å². The molecule has 0 aliphatic carbocycles. The molecular formula is C20H29ClFN3O. The van der Waals surface area contributed by atoms with Crippen LogP contribution in [0.3, 0.4) is 0 Å². The van der Waals surface area contributed by atoms with Gasteiger partial charge in [0.25, 0.3) is 0 Å². The van der Waals surface area contributed by atoms with Gasteiger partial charge in [-0.15, -0.1) is 0 Å². The van der Waals surface area contributed by atoms with Crippen LogP contribution >= 0.6 is 11.6 Å². The number of benzene rings is 1. The highest BCUT2D eigenvalue weighted by Crippen LogP contribution is 2.22. The van der Waals surface area contributed by atoms with Crippen LogP contribution in [0.2, 0.25) is 5.02 Å². The fourth-order valence-corrected chi connectivity index (χ4v) is 4.27. The van der Waals surface area contributed by atoms with Crippen molar-refractivity contribution in [2.24, 2.45) is 0 Å². The highest BCUT2D eigenvalue weighted by Gasteiger charge is 2.27. The zero-order valence-electron chi connectivity index (χ0n) is 15.6. The van der Waals surface area contributed by atoms with Crippen molar-refractivity contribution in [3.63, 3.8) is 0 Å². The van der Waals surface area contributed by atoms with E-state index in [1.807, 2.05) is 0 Å². The van der Waals surface area contributed by atoms with Crippen LogP contribution in [0.5, 0.6) is 0 Å². The van der Waals surface area contributed by atoms with Gasteiger partial charge >= 0.3 is 0 Å². The second-order valence-corrected chi connectivity index (χ2v) is 7.80. The second kappa shape index (κ2) is 9.16. The minimum absolute atomic E-state index is 0.245. The molecule has 1 atom stereocenters. The lowest BCUT2D eigenvalue weighted by molar-refractivity contribution is -0.136. The molecule has 0 radical (unpaired) electrons. The molecule has 4 nitrogen and oxygen atoms in total. The van der Waals surface area contributed by atoms with Crippen molar-refractivity contribution in [3.05, 3.63) is 34.6 Å². The summed E-state index contributed by atoms with van der Waals surface area (Å²) in [6, 6.07) is 5.24. The lowest BCUT2D eigenvalue weighted by Gasteiger charge is -2.39. The Kier molecular flexibility index (Phi) is 6.90. The molecule has 0 bridgehead atoms. The summed E-state index contributed by atoms with van der Waals surface area (Å²) < 4.78 is 14.0. The first kappa shape index (κ1) is 19.6. The molecule has 26 heavy (non-hydrogen) atoms. The molecule has 2 aliphatic heterocycles. The van der Waals surface area contributed by atoms with E-state index in [4.69, 9.17) is 11.6 Å². The molecule has 0 N–H and O–H groups in total. The first-order chi connectivity index (χ1) is 12.6. The normalized spacial score (nSPS) is 22.6. The number of likely N-dealkylation sites (tertiary alicyclic amines) is 1. The van der Waals surface area contributed by atoms with Gasteiger partial charge in [0, 0.05) is 55.9 Å². The molecular weight excluding hydrogens is 353 g/mol. The second-order valence-electron chi connectivity index (χ2n) is 7.40. The molecule has 0 spiro atoms. The molecule has 1 aromatic rings. The Bertz CT molecular complexity index is 599. The molecule has 6 heteroatoms. The maximum absolute atomic E-state index is 14.0. The highest BCUT2D eigenvalue weighted by atomic mass is 35.5. The van der Waals surface area contributed by atoms with Gasteiger partial charge in [-0.25, -0.2) is 4.39 Å². The number of piperazine rings is 1. The SMILES string of the molecule is CCC1CCCCN1C(=O)CN1CCN(Cc2c(F)cccc2Cl)CC1. The summed E-state index contributed by atoms with van der Waals surface area (Å²) in [6.45, 7) is 7.43. The minimum Gasteiger partial charge on any atom is -0.339 e. The average Bonchev–Trinajstić information content (AvgIpc) is 2.66. The fraction of sp³-hybridized carbons (Fsp3) is 0.650.